The third-order valence-electron chi connectivity index (χ3n) is 7.16. The van der Waals surface area contributed by atoms with Crippen molar-refractivity contribution >= 4 is 33.8 Å². The Morgan fingerprint density at radius 2 is 1.86 bits per heavy atom. The number of hydrogen-bond donors (Lipinski definition) is 1. The maximum atomic E-state index is 13.0. The first kappa shape index (κ1) is 21.2. The number of thiazole rings is 1. The summed E-state index contributed by atoms with van der Waals surface area (Å²) in [6.45, 7) is 1.55. The summed E-state index contributed by atoms with van der Waals surface area (Å²) in [5.74, 6) is 0.885. The van der Waals surface area contributed by atoms with Gasteiger partial charge in [0, 0.05) is 30.0 Å². The van der Waals surface area contributed by atoms with Crippen LogP contribution in [-0.2, 0) is 11.2 Å². The van der Waals surface area contributed by atoms with E-state index in [2.05, 4.69) is 68.0 Å². The first-order chi connectivity index (χ1) is 17.7. The molecule has 1 N–H and O–H groups in total. The highest BCUT2D eigenvalue weighted by molar-refractivity contribution is 7.14. The van der Waals surface area contributed by atoms with Crippen molar-refractivity contribution in [2.24, 2.45) is 5.92 Å². The Morgan fingerprint density at radius 1 is 1.00 bits per heavy atom. The van der Waals surface area contributed by atoms with Gasteiger partial charge in [-0.25, -0.2) is 4.98 Å². The van der Waals surface area contributed by atoms with Crippen LogP contribution in [-0.4, -0.2) is 43.8 Å². The zero-order valence-electron chi connectivity index (χ0n) is 19.5. The summed E-state index contributed by atoms with van der Waals surface area (Å²) in [4.78, 5) is 19.9. The Hall–Kier alpha value is -4.11. The average Bonchev–Trinajstić information content (AvgIpc) is 3.66. The van der Waals surface area contributed by atoms with Gasteiger partial charge in [0.1, 0.15) is 12.1 Å². The first-order valence-electron chi connectivity index (χ1n) is 12.1. The van der Waals surface area contributed by atoms with Crippen LogP contribution in [0.1, 0.15) is 24.0 Å². The molecule has 1 amide bonds. The summed E-state index contributed by atoms with van der Waals surface area (Å²) in [5.41, 5.74) is 8.05. The fourth-order valence-electron chi connectivity index (χ4n) is 5.23. The number of rotatable bonds is 4. The van der Waals surface area contributed by atoms with Gasteiger partial charge in [-0.15, -0.1) is 26.6 Å². The largest absolute Gasteiger partial charge is 0.355 e. The number of anilines is 2. The molecule has 5 aromatic rings. The van der Waals surface area contributed by atoms with Gasteiger partial charge in [-0.05, 0) is 59.7 Å². The van der Waals surface area contributed by atoms with E-state index in [1.165, 1.54) is 33.6 Å². The molecule has 1 saturated heterocycles. The molecule has 2 aromatic carbocycles. The summed E-state index contributed by atoms with van der Waals surface area (Å²) in [6, 6.07) is 19.0. The number of nitrogens with one attached hydrogen (secondary N) is 1. The predicted octanol–water partition coefficient (Wildman–Crippen LogP) is 4.67. The lowest BCUT2D eigenvalue weighted by Gasteiger charge is -2.31. The normalized spacial score (nSPS) is 15.2. The Morgan fingerprint density at radius 3 is 2.78 bits per heavy atom. The molecule has 3 aromatic heterocycles. The van der Waals surface area contributed by atoms with Crippen molar-refractivity contribution in [3.8, 4) is 22.4 Å². The summed E-state index contributed by atoms with van der Waals surface area (Å²) in [6.07, 6.45) is 4.10. The molecule has 7 rings (SSSR count). The minimum absolute atomic E-state index is 0.0364. The SMILES string of the molecule is O=C(Nc1nc(-c2ccc3c(c2)Cc2ccccc2-3)cs1)C1CCN(c2ccc3nncn3n2)CC1. The molecular formula is C27H23N7OS. The Balaban J connectivity index is 0.997. The van der Waals surface area contributed by atoms with Crippen LogP contribution in [0.25, 0.3) is 28.0 Å². The molecule has 8 nitrogen and oxygen atoms in total. The molecule has 0 atom stereocenters. The molecule has 4 heterocycles. The van der Waals surface area contributed by atoms with E-state index < -0.39 is 0 Å². The molecule has 1 aliphatic heterocycles. The van der Waals surface area contributed by atoms with Gasteiger partial charge in [0.15, 0.2) is 10.8 Å². The lowest BCUT2D eigenvalue weighted by atomic mass is 9.96. The fraction of sp³-hybridized carbons (Fsp3) is 0.222. The summed E-state index contributed by atoms with van der Waals surface area (Å²) < 4.78 is 1.67. The molecule has 36 heavy (non-hydrogen) atoms. The zero-order chi connectivity index (χ0) is 24.1. The number of aromatic nitrogens is 5. The zero-order valence-corrected chi connectivity index (χ0v) is 20.3. The van der Waals surface area contributed by atoms with E-state index in [-0.39, 0.29) is 11.8 Å². The van der Waals surface area contributed by atoms with Gasteiger partial charge in [0.25, 0.3) is 0 Å². The Labute approximate surface area is 211 Å². The molecule has 0 spiro atoms. The van der Waals surface area contributed by atoms with E-state index in [0.29, 0.717) is 5.13 Å². The van der Waals surface area contributed by atoms with Gasteiger partial charge in [-0.1, -0.05) is 36.4 Å². The van der Waals surface area contributed by atoms with Crippen molar-refractivity contribution in [2.75, 3.05) is 23.3 Å². The molecule has 1 aliphatic carbocycles. The number of hydrogen-bond acceptors (Lipinski definition) is 7. The van der Waals surface area contributed by atoms with Crippen molar-refractivity contribution in [3.63, 3.8) is 0 Å². The van der Waals surface area contributed by atoms with Gasteiger partial charge in [-0.3, -0.25) is 4.79 Å². The van der Waals surface area contributed by atoms with Crippen LogP contribution in [0.2, 0.25) is 0 Å². The van der Waals surface area contributed by atoms with Gasteiger partial charge < -0.3 is 10.2 Å². The molecular weight excluding hydrogens is 470 g/mol. The van der Waals surface area contributed by atoms with Gasteiger partial charge >= 0.3 is 0 Å². The van der Waals surface area contributed by atoms with Crippen LogP contribution in [0.5, 0.6) is 0 Å². The quantitative estimate of drug-likeness (QED) is 0.384. The molecule has 2 aliphatic rings. The first-order valence-corrected chi connectivity index (χ1v) is 13.0. The minimum Gasteiger partial charge on any atom is -0.355 e. The maximum Gasteiger partial charge on any atom is 0.229 e. The lowest BCUT2D eigenvalue weighted by Crippen LogP contribution is -2.38. The molecule has 0 unspecified atom stereocenters. The number of piperidine rings is 1. The van der Waals surface area contributed by atoms with E-state index in [1.807, 2.05) is 17.5 Å². The summed E-state index contributed by atoms with van der Waals surface area (Å²) >= 11 is 1.48. The van der Waals surface area contributed by atoms with Gasteiger partial charge in [0.05, 0.1) is 5.69 Å². The van der Waals surface area contributed by atoms with Gasteiger partial charge in [-0.2, -0.15) is 4.52 Å². The number of carbonyl (C=O) groups is 1. The topological polar surface area (TPSA) is 88.3 Å². The molecule has 1 fully saturated rings. The molecule has 9 heteroatoms. The smallest absolute Gasteiger partial charge is 0.229 e. The number of fused-ring (bicyclic) bond motifs is 4. The fourth-order valence-corrected chi connectivity index (χ4v) is 5.96. The predicted molar refractivity (Wildman–Crippen MR) is 140 cm³/mol. The van der Waals surface area contributed by atoms with Crippen LogP contribution in [0, 0.1) is 5.92 Å². The number of amides is 1. The van der Waals surface area contributed by atoms with E-state index >= 15 is 0 Å². The third kappa shape index (κ3) is 3.72. The van der Waals surface area contributed by atoms with Crippen LogP contribution in [0.4, 0.5) is 10.9 Å². The van der Waals surface area contributed by atoms with Crippen LogP contribution < -0.4 is 10.2 Å². The average molecular weight is 494 g/mol. The maximum absolute atomic E-state index is 13.0. The van der Waals surface area contributed by atoms with Crippen molar-refractivity contribution in [3.05, 3.63) is 77.4 Å². The number of nitrogens with zero attached hydrogens (tertiary/aromatic N) is 6. The van der Waals surface area contributed by atoms with Crippen molar-refractivity contribution < 1.29 is 4.79 Å². The van der Waals surface area contributed by atoms with E-state index in [0.717, 1.165) is 55.1 Å². The van der Waals surface area contributed by atoms with Crippen LogP contribution >= 0.6 is 11.3 Å². The highest BCUT2D eigenvalue weighted by Crippen LogP contribution is 2.38. The second-order valence-electron chi connectivity index (χ2n) is 9.32. The monoisotopic (exact) mass is 493 g/mol. The Kier molecular flexibility index (Phi) is 5.02. The number of carbonyl (C=O) groups excluding carboxylic acids is 1. The summed E-state index contributed by atoms with van der Waals surface area (Å²) in [7, 11) is 0. The highest BCUT2D eigenvalue weighted by Gasteiger charge is 2.27. The minimum atomic E-state index is -0.0364. The standard InChI is InChI=1S/C27H23N7OS/c35-26(17-9-11-33(12-10-17)25-8-7-24-31-28-16-34(24)32-25)30-27-29-23(15-36-27)19-5-6-22-20(14-19)13-18-3-1-2-4-21(18)22/h1-8,14-17H,9-13H2,(H,29,30,35). The molecule has 178 valence electrons. The highest BCUT2D eigenvalue weighted by atomic mass is 32.1. The van der Waals surface area contributed by atoms with Gasteiger partial charge in [0.2, 0.25) is 5.91 Å². The van der Waals surface area contributed by atoms with Crippen molar-refractivity contribution in [2.45, 2.75) is 19.3 Å². The molecule has 0 saturated carbocycles. The van der Waals surface area contributed by atoms with E-state index in [4.69, 9.17) is 4.98 Å². The van der Waals surface area contributed by atoms with Crippen LogP contribution in [0.15, 0.2) is 66.3 Å². The molecule has 0 bridgehead atoms. The van der Waals surface area contributed by atoms with Crippen LogP contribution in [0.3, 0.4) is 0 Å². The second-order valence-corrected chi connectivity index (χ2v) is 10.2. The third-order valence-corrected chi connectivity index (χ3v) is 7.92. The second kappa shape index (κ2) is 8.53. The molecule has 0 radical (unpaired) electrons. The van der Waals surface area contributed by atoms with E-state index in [1.54, 1.807) is 10.8 Å². The van der Waals surface area contributed by atoms with E-state index in [9.17, 15) is 4.79 Å². The van der Waals surface area contributed by atoms with Crippen molar-refractivity contribution in [1.82, 2.24) is 24.8 Å². The summed E-state index contributed by atoms with van der Waals surface area (Å²) in [5, 5.41) is 18.2. The Bertz CT molecular complexity index is 1600. The number of benzene rings is 2. The lowest BCUT2D eigenvalue weighted by molar-refractivity contribution is -0.120. The van der Waals surface area contributed by atoms with Crippen molar-refractivity contribution in [1.29, 1.82) is 0 Å².